The maximum Gasteiger partial charge on any atom is 0.255 e. The summed E-state index contributed by atoms with van der Waals surface area (Å²) < 4.78 is 4.93. The van der Waals surface area contributed by atoms with E-state index in [1.165, 1.54) is 0 Å². The van der Waals surface area contributed by atoms with E-state index < -0.39 is 0 Å². The second-order valence-corrected chi connectivity index (χ2v) is 6.03. The standard InChI is InChI=1S/C19H21ClN2O3/c1-13-4-9-16(20)12-17(13)22-19(24)15-7-5-14(6-8-15)18(23)21-10-3-11-25-2/h4-9,12H,3,10-11H2,1-2H3,(H,21,23)(H,22,24). The van der Waals surface area contributed by atoms with Crippen LogP contribution < -0.4 is 10.6 Å². The molecule has 0 aliphatic rings. The molecule has 0 saturated carbocycles. The van der Waals surface area contributed by atoms with Gasteiger partial charge in [0.2, 0.25) is 0 Å². The predicted octanol–water partition coefficient (Wildman–Crippen LogP) is 3.67. The monoisotopic (exact) mass is 360 g/mol. The molecule has 0 atom stereocenters. The third-order valence-corrected chi connectivity index (χ3v) is 3.90. The van der Waals surface area contributed by atoms with Crippen molar-refractivity contribution in [3.05, 3.63) is 64.2 Å². The van der Waals surface area contributed by atoms with Crippen LogP contribution in [0, 0.1) is 6.92 Å². The first kappa shape index (κ1) is 19.0. The van der Waals surface area contributed by atoms with E-state index in [9.17, 15) is 9.59 Å². The Balaban J connectivity index is 1.98. The molecule has 6 heteroatoms. The number of halogens is 1. The molecule has 0 aliphatic carbocycles. The Morgan fingerprint density at radius 1 is 1.04 bits per heavy atom. The van der Waals surface area contributed by atoms with Crippen molar-refractivity contribution in [2.24, 2.45) is 0 Å². The number of carbonyl (C=O) groups excluding carboxylic acids is 2. The molecule has 0 bridgehead atoms. The summed E-state index contributed by atoms with van der Waals surface area (Å²) in [6.45, 7) is 3.04. The van der Waals surface area contributed by atoms with Gasteiger partial charge in [-0.1, -0.05) is 17.7 Å². The normalized spacial score (nSPS) is 10.4. The molecule has 0 unspecified atom stereocenters. The Morgan fingerprint density at radius 3 is 2.32 bits per heavy atom. The van der Waals surface area contributed by atoms with Gasteiger partial charge in [-0.05, 0) is 55.3 Å². The third-order valence-electron chi connectivity index (χ3n) is 3.67. The highest BCUT2D eigenvalue weighted by molar-refractivity contribution is 6.31. The van der Waals surface area contributed by atoms with E-state index in [-0.39, 0.29) is 11.8 Å². The van der Waals surface area contributed by atoms with Gasteiger partial charge in [0.15, 0.2) is 0 Å². The van der Waals surface area contributed by atoms with Gasteiger partial charge >= 0.3 is 0 Å². The first-order valence-corrected chi connectivity index (χ1v) is 8.34. The Labute approximate surface area is 152 Å². The lowest BCUT2D eigenvalue weighted by Gasteiger charge is -2.09. The average molecular weight is 361 g/mol. The fourth-order valence-corrected chi connectivity index (χ4v) is 2.39. The van der Waals surface area contributed by atoms with E-state index in [0.29, 0.717) is 35.0 Å². The summed E-state index contributed by atoms with van der Waals surface area (Å²) in [7, 11) is 1.62. The minimum Gasteiger partial charge on any atom is -0.385 e. The molecule has 0 spiro atoms. The van der Waals surface area contributed by atoms with Crippen LogP contribution in [-0.4, -0.2) is 32.1 Å². The summed E-state index contributed by atoms with van der Waals surface area (Å²) in [5.41, 5.74) is 2.56. The number of carbonyl (C=O) groups is 2. The van der Waals surface area contributed by atoms with E-state index in [0.717, 1.165) is 12.0 Å². The van der Waals surface area contributed by atoms with Crippen molar-refractivity contribution in [1.29, 1.82) is 0 Å². The lowest BCUT2D eigenvalue weighted by atomic mass is 10.1. The number of hydrogen-bond acceptors (Lipinski definition) is 3. The fraction of sp³-hybridized carbons (Fsp3) is 0.263. The number of anilines is 1. The van der Waals surface area contributed by atoms with Crippen LogP contribution in [0.2, 0.25) is 5.02 Å². The minimum absolute atomic E-state index is 0.172. The van der Waals surface area contributed by atoms with Crippen LogP contribution in [0.5, 0.6) is 0 Å². The highest BCUT2D eigenvalue weighted by Gasteiger charge is 2.10. The molecule has 5 nitrogen and oxygen atoms in total. The van der Waals surface area contributed by atoms with Crippen molar-refractivity contribution >= 4 is 29.1 Å². The zero-order valence-corrected chi connectivity index (χ0v) is 15.0. The molecule has 2 N–H and O–H groups in total. The van der Waals surface area contributed by atoms with Gasteiger partial charge in [-0.3, -0.25) is 9.59 Å². The van der Waals surface area contributed by atoms with Crippen molar-refractivity contribution in [3.8, 4) is 0 Å². The van der Waals surface area contributed by atoms with Crippen LogP contribution in [0.1, 0.15) is 32.7 Å². The Kier molecular flexibility index (Phi) is 6.98. The summed E-state index contributed by atoms with van der Waals surface area (Å²) >= 11 is 5.96. The van der Waals surface area contributed by atoms with Crippen LogP contribution >= 0.6 is 11.6 Å². The number of amides is 2. The molecule has 0 heterocycles. The molecule has 0 fully saturated rings. The van der Waals surface area contributed by atoms with Gasteiger partial charge in [0.25, 0.3) is 11.8 Å². The first-order chi connectivity index (χ1) is 12.0. The van der Waals surface area contributed by atoms with Crippen LogP contribution in [0.15, 0.2) is 42.5 Å². The van der Waals surface area contributed by atoms with Crippen molar-refractivity contribution < 1.29 is 14.3 Å². The van der Waals surface area contributed by atoms with Gasteiger partial charge < -0.3 is 15.4 Å². The van der Waals surface area contributed by atoms with Crippen LogP contribution in [0.4, 0.5) is 5.69 Å². The summed E-state index contributed by atoms with van der Waals surface area (Å²) in [6.07, 6.45) is 0.752. The SMILES string of the molecule is COCCCNC(=O)c1ccc(C(=O)Nc2cc(Cl)ccc2C)cc1. The lowest BCUT2D eigenvalue weighted by Crippen LogP contribution is -2.25. The maximum absolute atomic E-state index is 12.3. The van der Waals surface area contributed by atoms with Crippen LogP contribution in [0.3, 0.4) is 0 Å². The van der Waals surface area contributed by atoms with Gasteiger partial charge in [0.05, 0.1) is 0 Å². The summed E-state index contributed by atoms with van der Waals surface area (Å²) in [5, 5.41) is 6.19. The van der Waals surface area contributed by atoms with Gasteiger partial charge in [-0.25, -0.2) is 0 Å². The molecule has 0 radical (unpaired) electrons. The maximum atomic E-state index is 12.3. The summed E-state index contributed by atoms with van der Waals surface area (Å²) in [6, 6.07) is 11.8. The third kappa shape index (κ3) is 5.59. The number of ether oxygens (including phenoxy) is 1. The average Bonchev–Trinajstić information content (AvgIpc) is 2.61. The molecule has 0 aromatic heterocycles. The van der Waals surface area contributed by atoms with Crippen molar-refractivity contribution in [2.45, 2.75) is 13.3 Å². The van der Waals surface area contributed by atoms with Crippen LogP contribution in [0.25, 0.3) is 0 Å². The Hall–Kier alpha value is -2.37. The predicted molar refractivity (Wildman–Crippen MR) is 99.4 cm³/mol. The number of aryl methyl sites for hydroxylation is 1. The molecule has 0 aliphatic heterocycles. The largest absolute Gasteiger partial charge is 0.385 e. The molecular formula is C19H21ClN2O3. The second-order valence-electron chi connectivity index (χ2n) is 5.59. The number of hydrogen-bond donors (Lipinski definition) is 2. The smallest absolute Gasteiger partial charge is 0.255 e. The van der Waals surface area contributed by atoms with E-state index >= 15 is 0 Å². The van der Waals surface area contributed by atoms with Crippen molar-refractivity contribution in [1.82, 2.24) is 5.32 Å². The molecule has 25 heavy (non-hydrogen) atoms. The molecule has 2 rings (SSSR count). The highest BCUT2D eigenvalue weighted by atomic mass is 35.5. The number of methoxy groups -OCH3 is 1. The molecule has 2 aromatic carbocycles. The topological polar surface area (TPSA) is 67.4 Å². The van der Waals surface area contributed by atoms with Crippen molar-refractivity contribution in [2.75, 3.05) is 25.6 Å². The zero-order valence-electron chi connectivity index (χ0n) is 14.3. The van der Waals surface area contributed by atoms with E-state index in [1.54, 1.807) is 43.5 Å². The van der Waals surface area contributed by atoms with Crippen LogP contribution in [-0.2, 0) is 4.74 Å². The fourth-order valence-electron chi connectivity index (χ4n) is 2.22. The Bertz CT molecular complexity index is 745. The van der Waals surface area contributed by atoms with Gasteiger partial charge in [-0.15, -0.1) is 0 Å². The minimum atomic E-state index is -0.252. The number of rotatable bonds is 7. The number of nitrogens with one attached hydrogen (secondary N) is 2. The van der Waals surface area contributed by atoms with Gasteiger partial charge in [0.1, 0.15) is 0 Å². The first-order valence-electron chi connectivity index (χ1n) is 7.96. The van der Waals surface area contributed by atoms with Gasteiger partial charge in [0, 0.05) is 42.1 Å². The zero-order chi connectivity index (χ0) is 18.2. The number of benzene rings is 2. The Morgan fingerprint density at radius 2 is 1.68 bits per heavy atom. The highest BCUT2D eigenvalue weighted by Crippen LogP contribution is 2.21. The lowest BCUT2D eigenvalue weighted by molar-refractivity contribution is 0.0947. The van der Waals surface area contributed by atoms with E-state index in [2.05, 4.69) is 10.6 Å². The van der Waals surface area contributed by atoms with E-state index in [1.807, 2.05) is 13.0 Å². The van der Waals surface area contributed by atoms with Gasteiger partial charge in [-0.2, -0.15) is 0 Å². The summed E-state index contributed by atoms with van der Waals surface area (Å²) in [4.78, 5) is 24.3. The molecule has 132 valence electrons. The second kappa shape index (κ2) is 9.20. The molecule has 2 amide bonds. The molecule has 0 saturated heterocycles. The summed E-state index contributed by atoms with van der Waals surface area (Å²) in [5.74, 6) is -0.425. The van der Waals surface area contributed by atoms with Crippen molar-refractivity contribution in [3.63, 3.8) is 0 Å². The molecular weight excluding hydrogens is 340 g/mol. The quantitative estimate of drug-likeness (QED) is 0.740. The van der Waals surface area contributed by atoms with E-state index in [4.69, 9.17) is 16.3 Å². The molecule has 2 aromatic rings.